The molecular formula is C15H17FN2O3. The lowest BCUT2D eigenvalue weighted by Gasteiger charge is -2.19. The van der Waals surface area contributed by atoms with Crippen LogP contribution < -0.4 is 10.1 Å². The third kappa shape index (κ3) is 4.56. The fourth-order valence-corrected chi connectivity index (χ4v) is 1.83. The van der Waals surface area contributed by atoms with E-state index in [-0.39, 0.29) is 23.0 Å². The Morgan fingerprint density at radius 1 is 1.43 bits per heavy atom. The molecule has 1 unspecified atom stereocenters. The molecule has 0 aliphatic carbocycles. The highest BCUT2D eigenvalue weighted by Crippen LogP contribution is 2.20. The van der Waals surface area contributed by atoms with E-state index in [1.165, 1.54) is 19.1 Å². The zero-order valence-corrected chi connectivity index (χ0v) is 12.1. The summed E-state index contributed by atoms with van der Waals surface area (Å²) in [4.78, 5) is 23.1. The second kappa shape index (κ2) is 7.39. The van der Waals surface area contributed by atoms with E-state index >= 15 is 0 Å². The predicted octanol–water partition coefficient (Wildman–Crippen LogP) is 1.81. The molecule has 0 fully saturated rings. The molecule has 1 atom stereocenters. The molecule has 0 aliphatic heterocycles. The van der Waals surface area contributed by atoms with Gasteiger partial charge in [0.05, 0.1) is 6.04 Å². The van der Waals surface area contributed by atoms with Crippen molar-refractivity contribution in [2.75, 3.05) is 6.61 Å². The average Bonchev–Trinajstić information content (AvgIpc) is 2.41. The molecule has 0 aromatic heterocycles. The summed E-state index contributed by atoms with van der Waals surface area (Å²) in [6.45, 7) is 4.63. The van der Waals surface area contributed by atoms with Crippen LogP contribution in [0.5, 0.6) is 5.75 Å². The number of ether oxygens (including phenoxy) is 1. The number of nitriles is 1. The van der Waals surface area contributed by atoms with E-state index in [1.54, 1.807) is 6.07 Å². The number of rotatable bonds is 6. The van der Waals surface area contributed by atoms with Crippen LogP contribution >= 0.6 is 0 Å². The van der Waals surface area contributed by atoms with E-state index in [2.05, 4.69) is 5.32 Å². The van der Waals surface area contributed by atoms with Gasteiger partial charge < -0.3 is 10.1 Å². The number of halogens is 1. The fourth-order valence-electron chi connectivity index (χ4n) is 1.83. The van der Waals surface area contributed by atoms with Gasteiger partial charge in [0.2, 0.25) is 0 Å². The smallest absolute Gasteiger partial charge is 0.258 e. The molecule has 1 N–H and O–H groups in total. The van der Waals surface area contributed by atoms with Crippen molar-refractivity contribution in [1.29, 1.82) is 5.26 Å². The Bertz CT molecular complexity index is 579. The van der Waals surface area contributed by atoms with Crippen molar-refractivity contribution in [3.63, 3.8) is 0 Å². The summed E-state index contributed by atoms with van der Waals surface area (Å²) in [5.74, 6) is -1.41. The third-order valence-electron chi connectivity index (χ3n) is 2.87. The third-order valence-corrected chi connectivity index (χ3v) is 2.87. The molecule has 0 saturated heterocycles. The Labute approximate surface area is 122 Å². The Hall–Kier alpha value is -2.42. The summed E-state index contributed by atoms with van der Waals surface area (Å²) in [7, 11) is 0. The fraction of sp³-hybridized carbons (Fsp3) is 0.400. The summed E-state index contributed by atoms with van der Waals surface area (Å²) in [5, 5.41) is 11.4. The summed E-state index contributed by atoms with van der Waals surface area (Å²) in [5.41, 5.74) is -0.253. The SMILES string of the molecule is CC(=O)C(NC(=O)COc1cccc(F)c1C#N)C(C)C. The number of ketones is 1. The number of nitrogens with zero attached hydrogens (tertiary/aromatic N) is 1. The topological polar surface area (TPSA) is 79.2 Å². The number of carbonyl (C=O) groups excluding carboxylic acids is 2. The number of hydrogen-bond donors (Lipinski definition) is 1. The van der Waals surface area contributed by atoms with Crippen LogP contribution in [0.2, 0.25) is 0 Å². The Balaban J connectivity index is 2.68. The predicted molar refractivity (Wildman–Crippen MR) is 74.1 cm³/mol. The van der Waals surface area contributed by atoms with Gasteiger partial charge in [-0.05, 0) is 25.0 Å². The molecule has 1 amide bonds. The molecule has 0 radical (unpaired) electrons. The minimum atomic E-state index is -0.709. The Kier molecular flexibility index (Phi) is 5.85. The molecule has 1 aromatic carbocycles. The maximum absolute atomic E-state index is 13.3. The molecule has 0 saturated carbocycles. The van der Waals surface area contributed by atoms with Crippen LogP contribution in [-0.2, 0) is 9.59 Å². The van der Waals surface area contributed by atoms with Gasteiger partial charge in [-0.1, -0.05) is 19.9 Å². The maximum atomic E-state index is 13.3. The molecule has 1 rings (SSSR count). The zero-order valence-electron chi connectivity index (χ0n) is 12.1. The van der Waals surface area contributed by atoms with Crippen molar-refractivity contribution < 1.29 is 18.7 Å². The van der Waals surface area contributed by atoms with Crippen molar-refractivity contribution in [2.45, 2.75) is 26.8 Å². The van der Waals surface area contributed by atoms with Crippen LogP contribution in [0.25, 0.3) is 0 Å². The first-order valence-electron chi connectivity index (χ1n) is 6.48. The van der Waals surface area contributed by atoms with Crippen molar-refractivity contribution in [2.24, 2.45) is 5.92 Å². The van der Waals surface area contributed by atoms with E-state index in [4.69, 9.17) is 10.00 Å². The van der Waals surface area contributed by atoms with Gasteiger partial charge in [0.25, 0.3) is 5.91 Å². The van der Waals surface area contributed by atoms with Crippen LogP contribution in [0.4, 0.5) is 4.39 Å². The zero-order chi connectivity index (χ0) is 16.0. The Morgan fingerprint density at radius 2 is 2.10 bits per heavy atom. The van der Waals surface area contributed by atoms with Gasteiger partial charge in [0.15, 0.2) is 12.4 Å². The van der Waals surface area contributed by atoms with E-state index in [9.17, 15) is 14.0 Å². The largest absolute Gasteiger partial charge is 0.482 e. The number of carbonyl (C=O) groups is 2. The van der Waals surface area contributed by atoms with Gasteiger partial charge in [-0.2, -0.15) is 5.26 Å². The van der Waals surface area contributed by atoms with Crippen LogP contribution in [0, 0.1) is 23.1 Å². The molecule has 0 bridgehead atoms. The molecule has 0 spiro atoms. The summed E-state index contributed by atoms with van der Waals surface area (Å²) >= 11 is 0. The minimum Gasteiger partial charge on any atom is -0.482 e. The second-order valence-electron chi connectivity index (χ2n) is 4.91. The summed E-state index contributed by atoms with van der Waals surface area (Å²) in [6, 6.07) is 5.01. The first-order valence-corrected chi connectivity index (χ1v) is 6.48. The lowest BCUT2D eigenvalue weighted by Crippen LogP contribution is -2.45. The van der Waals surface area contributed by atoms with Gasteiger partial charge in [-0.15, -0.1) is 0 Å². The quantitative estimate of drug-likeness (QED) is 0.867. The number of hydrogen-bond acceptors (Lipinski definition) is 4. The normalized spacial score (nSPS) is 11.6. The molecular weight excluding hydrogens is 275 g/mol. The van der Waals surface area contributed by atoms with Crippen LogP contribution in [-0.4, -0.2) is 24.3 Å². The van der Waals surface area contributed by atoms with E-state index in [1.807, 2.05) is 13.8 Å². The van der Waals surface area contributed by atoms with E-state index in [0.29, 0.717) is 0 Å². The number of amides is 1. The highest BCUT2D eigenvalue weighted by molar-refractivity contribution is 5.88. The molecule has 0 aliphatic rings. The van der Waals surface area contributed by atoms with Gasteiger partial charge in [-0.3, -0.25) is 9.59 Å². The van der Waals surface area contributed by atoms with E-state index < -0.39 is 24.4 Å². The van der Waals surface area contributed by atoms with Crippen molar-refractivity contribution in [1.82, 2.24) is 5.32 Å². The van der Waals surface area contributed by atoms with Gasteiger partial charge in [0, 0.05) is 0 Å². The minimum absolute atomic E-state index is 0.00317. The van der Waals surface area contributed by atoms with Crippen molar-refractivity contribution >= 4 is 11.7 Å². The average molecular weight is 292 g/mol. The lowest BCUT2D eigenvalue weighted by atomic mass is 10.0. The summed E-state index contributed by atoms with van der Waals surface area (Å²) in [6.07, 6.45) is 0. The van der Waals surface area contributed by atoms with Crippen LogP contribution in [0.1, 0.15) is 26.3 Å². The summed E-state index contributed by atoms with van der Waals surface area (Å²) < 4.78 is 18.5. The van der Waals surface area contributed by atoms with Gasteiger partial charge >= 0.3 is 0 Å². The second-order valence-corrected chi connectivity index (χ2v) is 4.91. The maximum Gasteiger partial charge on any atom is 0.258 e. The molecule has 112 valence electrons. The number of nitrogens with one attached hydrogen (secondary N) is 1. The number of benzene rings is 1. The molecule has 5 nitrogen and oxygen atoms in total. The van der Waals surface area contributed by atoms with Gasteiger partial charge in [-0.25, -0.2) is 4.39 Å². The number of Topliss-reactive ketones (excluding diaryl/α,β-unsaturated/α-hetero) is 1. The monoisotopic (exact) mass is 292 g/mol. The first-order chi connectivity index (χ1) is 9.86. The molecule has 21 heavy (non-hydrogen) atoms. The lowest BCUT2D eigenvalue weighted by molar-refractivity contribution is -0.129. The highest BCUT2D eigenvalue weighted by atomic mass is 19.1. The first kappa shape index (κ1) is 16.6. The van der Waals surface area contributed by atoms with Gasteiger partial charge in [0.1, 0.15) is 23.2 Å². The standard InChI is InChI=1S/C15H17FN2O3/c1-9(2)15(10(3)19)18-14(20)8-21-13-6-4-5-12(16)11(13)7-17/h4-6,9,15H,8H2,1-3H3,(H,18,20). The van der Waals surface area contributed by atoms with E-state index in [0.717, 1.165) is 6.07 Å². The van der Waals surface area contributed by atoms with Crippen molar-refractivity contribution in [3.8, 4) is 11.8 Å². The molecule has 0 heterocycles. The Morgan fingerprint density at radius 3 is 2.62 bits per heavy atom. The van der Waals surface area contributed by atoms with Crippen LogP contribution in [0.3, 0.4) is 0 Å². The molecule has 1 aromatic rings. The molecule has 6 heteroatoms. The highest BCUT2D eigenvalue weighted by Gasteiger charge is 2.21. The van der Waals surface area contributed by atoms with Crippen molar-refractivity contribution in [3.05, 3.63) is 29.6 Å². The van der Waals surface area contributed by atoms with Crippen LogP contribution in [0.15, 0.2) is 18.2 Å².